The molecule has 1 aliphatic rings. The largest absolute Gasteiger partial charge is 0.360 e. The lowest BCUT2D eigenvalue weighted by molar-refractivity contribution is -0.914. The van der Waals surface area contributed by atoms with Crippen molar-refractivity contribution in [3.63, 3.8) is 0 Å². The molecule has 1 aromatic heterocycles. The number of hydrogen-bond acceptors (Lipinski definition) is 3. The Labute approximate surface area is 161 Å². The number of rotatable bonds is 4. The number of thiazole rings is 1. The number of piperazine rings is 1. The second kappa shape index (κ2) is 7.74. The number of quaternary nitrogens is 1. The van der Waals surface area contributed by atoms with Crippen molar-refractivity contribution in [3.8, 4) is 10.6 Å². The lowest BCUT2D eigenvalue weighted by Crippen LogP contribution is -3.13. The van der Waals surface area contributed by atoms with Crippen LogP contribution in [0.3, 0.4) is 0 Å². The van der Waals surface area contributed by atoms with Crippen LogP contribution in [-0.4, -0.2) is 31.2 Å². The van der Waals surface area contributed by atoms with Crippen molar-refractivity contribution in [1.82, 2.24) is 4.98 Å². The maximum absolute atomic E-state index is 13.1. The van der Waals surface area contributed by atoms with Crippen LogP contribution in [0, 0.1) is 5.82 Å². The van der Waals surface area contributed by atoms with Crippen LogP contribution in [0.5, 0.6) is 0 Å². The van der Waals surface area contributed by atoms with Crippen molar-refractivity contribution >= 4 is 28.6 Å². The van der Waals surface area contributed by atoms with E-state index in [1.54, 1.807) is 11.3 Å². The van der Waals surface area contributed by atoms with E-state index < -0.39 is 0 Å². The molecule has 0 atom stereocenters. The summed E-state index contributed by atoms with van der Waals surface area (Å²) >= 11 is 7.64. The number of nitrogens with zero attached hydrogens (tertiary/aromatic N) is 2. The monoisotopic (exact) mass is 388 g/mol. The highest BCUT2D eigenvalue weighted by Gasteiger charge is 2.21. The van der Waals surface area contributed by atoms with E-state index in [-0.39, 0.29) is 5.82 Å². The molecule has 2 aromatic carbocycles. The van der Waals surface area contributed by atoms with Gasteiger partial charge in [-0.2, -0.15) is 0 Å². The van der Waals surface area contributed by atoms with Crippen LogP contribution >= 0.6 is 22.9 Å². The van der Waals surface area contributed by atoms with Gasteiger partial charge in [-0.05, 0) is 36.4 Å². The van der Waals surface area contributed by atoms with Crippen LogP contribution < -0.4 is 9.80 Å². The summed E-state index contributed by atoms with van der Waals surface area (Å²) in [5, 5.41) is 3.94. The molecule has 134 valence electrons. The molecule has 0 spiro atoms. The van der Waals surface area contributed by atoms with Gasteiger partial charge < -0.3 is 9.80 Å². The van der Waals surface area contributed by atoms with Crippen LogP contribution in [0.4, 0.5) is 10.1 Å². The van der Waals surface area contributed by atoms with Gasteiger partial charge in [0.25, 0.3) is 0 Å². The highest BCUT2D eigenvalue weighted by molar-refractivity contribution is 7.13. The molecule has 1 N–H and O–H groups in total. The fourth-order valence-corrected chi connectivity index (χ4v) is 4.23. The summed E-state index contributed by atoms with van der Waals surface area (Å²) in [5.41, 5.74) is 3.36. The topological polar surface area (TPSA) is 20.6 Å². The summed E-state index contributed by atoms with van der Waals surface area (Å²) < 4.78 is 13.1. The predicted octanol–water partition coefficient (Wildman–Crippen LogP) is 3.51. The molecule has 0 radical (unpaired) electrons. The highest BCUT2D eigenvalue weighted by Crippen LogP contribution is 2.25. The Morgan fingerprint density at radius 1 is 1.04 bits per heavy atom. The van der Waals surface area contributed by atoms with E-state index in [4.69, 9.17) is 16.6 Å². The Morgan fingerprint density at radius 3 is 2.42 bits per heavy atom. The van der Waals surface area contributed by atoms with Crippen molar-refractivity contribution in [2.45, 2.75) is 6.54 Å². The molecule has 0 aliphatic carbocycles. The van der Waals surface area contributed by atoms with Gasteiger partial charge in [0.2, 0.25) is 0 Å². The van der Waals surface area contributed by atoms with Crippen molar-refractivity contribution in [1.29, 1.82) is 0 Å². The average Bonchev–Trinajstić information content (AvgIpc) is 3.12. The van der Waals surface area contributed by atoms with Crippen LogP contribution in [0.25, 0.3) is 10.6 Å². The average molecular weight is 389 g/mol. The zero-order valence-corrected chi connectivity index (χ0v) is 15.9. The molecule has 3 nitrogen and oxygen atoms in total. The molecule has 6 heteroatoms. The Hall–Kier alpha value is -1.95. The first kappa shape index (κ1) is 17.5. The predicted molar refractivity (Wildman–Crippen MR) is 106 cm³/mol. The van der Waals surface area contributed by atoms with Gasteiger partial charge in [-0.25, -0.2) is 9.37 Å². The Morgan fingerprint density at radius 2 is 1.73 bits per heavy atom. The Balaban J connectivity index is 1.34. The number of anilines is 1. The number of benzene rings is 2. The molecule has 4 rings (SSSR count). The normalized spacial score (nSPS) is 15.4. The zero-order chi connectivity index (χ0) is 17.9. The number of aromatic nitrogens is 1. The van der Waals surface area contributed by atoms with E-state index >= 15 is 0 Å². The van der Waals surface area contributed by atoms with Crippen LogP contribution in [0.2, 0.25) is 5.02 Å². The van der Waals surface area contributed by atoms with Gasteiger partial charge in [-0.15, -0.1) is 11.3 Å². The van der Waals surface area contributed by atoms with Crippen LogP contribution in [0.15, 0.2) is 53.9 Å². The van der Waals surface area contributed by atoms with E-state index in [1.807, 2.05) is 36.4 Å². The fourth-order valence-electron chi connectivity index (χ4n) is 3.28. The Kier molecular flexibility index (Phi) is 5.20. The van der Waals surface area contributed by atoms with Gasteiger partial charge >= 0.3 is 0 Å². The molecule has 0 saturated carbocycles. The fraction of sp³-hybridized carbons (Fsp3) is 0.250. The molecular formula is C20H20ClFN3S+. The molecule has 1 saturated heterocycles. The van der Waals surface area contributed by atoms with Crippen molar-refractivity contribution < 1.29 is 9.29 Å². The van der Waals surface area contributed by atoms with Crippen molar-refractivity contribution in [2.24, 2.45) is 0 Å². The van der Waals surface area contributed by atoms with Gasteiger partial charge in [-0.1, -0.05) is 23.7 Å². The minimum atomic E-state index is -0.182. The highest BCUT2D eigenvalue weighted by atomic mass is 35.5. The molecule has 0 amide bonds. The van der Waals surface area contributed by atoms with E-state index in [0.717, 1.165) is 59.7 Å². The van der Waals surface area contributed by atoms with Gasteiger partial charge in [0.05, 0.1) is 26.2 Å². The summed E-state index contributed by atoms with van der Waals surface area (Å²) in [5.74, 6) is -0.182. The van der Waals surface area contributed by atoms with Crippen molar-refractivity contribution in [3.05, 3.63) is 70.4 Å². The standard InChI is InChI=1S/C20H19ClFN3S/c21-16-3-1-15(2-4-16)20-23-18(14-26-20)13-24-9-11-25(12-10-24)19-7-5-17(22)6-8-19/h1-8,14H,9-13H2/p+1. The number of halogens is 2. The second-order valence-electron chi connectivity index (χ2n) is 6.54. The maximum atomic E-state index is 13.1. The van der Waals surface area contributed by atoms with E-state index in [2.05, 4.69) is 10.3 Å². The lowest BCUT2D eigenvalue weighted by atomic mass is 10.2. The first-order valence-electron chi connectivity index (χ1n) is 8.72. The number of hydrogen-bond donors (Lipinski definition) is 1. The first-order chi connectivity index (χ1) is 12.7. The van der Waals surface area contributed by atoms with Gasteiger partial charge in [0, 0.05) is 21.7 Å². The quantitative estimate of drug-likeness (QED) is 0.738. The summed E-state index contributed by atoms with van der Waals surface area (Å²) in [7, 11) is 0. The summed E-state index contributed by atoms with van der Waals surface area (Å²) in [4.78, 5) is 8.65. The summed E-state index contributed by atoms with van der Waals surface area (Å²) in [6.45, 7) is 5.03. The zero-order valence-electron chi connectivity index (χ0n) is 14.3. The third kappa shape index (κ3) is 4.06. The molecule has 1 fully saturated rings. The SMILES string of the molecule is Fc1ccc(N2CC[NH+](Cc3csc(-c4ccc(Cl)cc4)n3)CC2)cc1. The van der Waals surface area contributed by atoms with E-state index in [1.165, 1.54) is 17.0 Å². The first-order valence-corrected chi connectivity index (χ1v) is 9.97. The minimum absolute atomic E-state index is 0.182. The summed E-state index contributed by atoms with van der Waals surface area (Å²) in [6.07, 6.45) is 0. The lowest BCUT2D eigenvalue weighted by Gasteiger charge is -2.33. The van der Waals surface area contributed by atoms with Crippen LogP contribution in [-0.2, 0) is 6.54 Å². The minimum Gasteiger partial charge on any atom is -0.360 e. The van der Waals surface area contributed by atoms with Gasteiger partial charge in [0.1, 0.15) is 23.1 Å². The molecule has 1 aliphatic heterocycles. The third-order valence-corrected chi connectivity index (χ3v) is 5.93. The van der Waals surface area contributed by atoms with E-state index in [9.17, 15) is 4.39 Å². The Bertz CT molecular complexity index is 856. The molecule has 3 aromatic rings. The third-order valence-electron chi connectivity index (χ3n) is 4.74. The van der Waals surface area contributed by atoms with Gasteiger partial charge in [0.15, 0.2) is 0 Å². The van der Waals surface area contributed by atoms with E-state index in [0.29, 0.717) is 0 Å². The smallest absolute Gasteiger partial charge is 0.123 e. The second-order valence-corrected chi connectivity index (χ2v) is 7.84. The van der Waals surface area contributed by atoms with Crippen molar-refractivity contribution in [2.75, 3.05) is 31.1 Å². The molecule has 0 bridgehead atoms. The molecule has 26 heavy (non-hydrogen) atoms. The van der Waals surface area contributed by atoms with Crippen LogP contribution in [0.1, 0.15) is 5.69 Å². The summed E-state index contributed by atoms with van der Waals surface area (Å²) in [6, 6.07) is 14.6. The maximum Gasteiger partial charge on any atom is 0.123 e. The molecular weight excluding hydrogens is 369 g/mol. The number of nitrogens with one attached hydrogen (secondary N) is 1. The van der Waals surface area contributed by atoms with Gasteiger partial charge in [-0.3, -0.25) is 0 Å². The molecule has 2 heterocycles. The molecule has 0 unspecified atom stereocenters.